The molecule has 0 spiro atoms. The van der Waals surface area contributed by atoms with Gasteiger partial charge < -0.3 is 4.57 Å². The Bertz CT molecular complexity index is 2680. The minimum absolute atomic E-state index is 0.0148. The van der Waals surface area contributed by atoms with Crippen molar-refractivity contribution < 1.29 is 0 Å². The summed E-state index contributed by atoms with van der Waals surface area (Å²) in [6, 6.07) is 52.2. The predicted octanol–water partition coefficient (Wildman–Crippen LogP) is 12.3. The molecule has 0 saturated heterocycles. The van der Waals surface area contributed by atoms with E-state index in [1.165, 1.54) is 91.8 Å². The standard InChI is InChI=1S/C43H29NS/c1-43(2)37-12-6-3-9-31(37)32-19-16-27(24-38(32)43)26-17-20-40-35(22-26)33-10-4-7-13-39(33)44(40)30-18-15-28-25-42-36(23-29(28)21-30)34-11-5-8-14-41(34)45-42/h3-25H,1-2H3. The fraction of sp³-hybridized carbons (Fsp3) is 0.0698. The number of hydrogen-bond acceptors (Lipinski definition) is 1. The highest BCUT2D eigenvalue weighted by Gasteiger charge is 2.35. The van der Waals surface area contributed by atoms with Gasteiger partial charge in [-0.1, -0.05) is 98.8 Å². The molecular formula is C43H29NS. The van der Waals surface area contributed by atoms with Crippen molar-refractivity contribution in [3.63, 3.8) is 0 Å². The van der Waals surface area contributed by atoms with Gasteiger partial charge in [-0.15, -0.1) is 11.3 Å². The quantitative estimate of drug-likeness (QED) is 0.188. The van der Waals surface area contributed by atoms with E-state index in [-0.39, 0.29) is 5.41 Å². The molecule has 0 aliphatic heterocycles. The van der Waals surface area contributed by atoms with Gasteiger partial charge in [0.1, 0.15) is 0 Å². The summed E-state index contributed by atoms with van der Waals surface area (Å²) in [5, 5.41) is 7.80. The van der Waals surface area contributed by atoms with E-state index < -0.39 is 0 Å². The molecular weight excluding hydrogens is 563 g/mol. The van der Waals surface area contributed by atoms with Crippen molar-refractivity contribution in [2.75, 3.05) is 0 Å². The number of aromatic nitrogens is 1. The summed E-state index contributed by atoms with van der Waals surface area (Å²) in [5.41, 5.74) is 11.7. The first-order chi connectivity index (χ1) is 22.0. The molecule has 0 radical (unpaired) electrons. The maximum atomic E-state index is 2.44. The zero-order chi connectivity index (χ0) is 29.9. The zero-order valence-corrected chi connectivity index (χ0v) is 26.0. The molecule has 0 amide bonds. The van der Waals surface area contributed by atoms with Crippen molar-refractivity contribution in [2.45, 2.75) is 19.3 Å². The summed E-state index contributed by atoms with van der Waals surface area (Å²) in [7, 11) is 0. The number of benzene rings is 7. The van der Waals surface area contributed by atoms with Crippen LogP contribution in [0.4, 0.5) is 0 Å². The average Bonchev–Trinajstić information content (AvgIpc) is 3.68. The first-order valence-electron chi connectivity index (χ1n) is 15.7. The van der Waals surface area contributed by atoms with Crippen molar-refractivity contribution in [1.29, 1.82) is 0 Å². The van der Waals surface area contributed by atoms with E-state index in [0.29, 0.717) is 0 Å². The number of rotatable bonds is 2. The Labute approximate surface area is 265 Å². The van der Waals surface area contributed by atoms with Gasteiger partial charge in [-0.3, -0.25) is 0 Å². The van der Waals surface area contributed by atoms with E-state index >= 15 is 0 Å². The number of fused-ring (bicyclic) bond motifs is 10. The van der Waals surface area contributed by atoms with Crippen molar-refractivity contribution in [1.82, 2.24) is 4.57 Å². The molecule has 0 bridgehead atoms. The van der Waals surface area contributed by atoms with E-state index in [2.05, 4.69) is 158 Å². The van der Waals surface area contributed by atoms with Crippen LogP contribution in [0.3, 0.4) is 0 Å². The Balaban J connectivity index is 1.15. The average molecular weight is 592 g/mol. The van der Waals surface area contributed by atoms with Gasteiger partial charge in [0.15, 0.2) is 0 Å². The van der Waals surface area contributed by atoms with Crippen LogP contribution in [0.1, 0.15) is 25.0 Å². The highest BCUT2D eigenvalue weighted by Crippen LogP contribution is 2.49. The van der Waals surface area contributed by atoms with Crippen molar-refractivity contribution in [2.24, 2.45) is 0 Å². The van der Waals surface area contributed by atoms with Gasteiger partial charge in [0, 0.05) is 42.0 Å². The smallest absolute Gasteiger partial charge is 0.0541 e. The fourth-order valence-electron chi connectivity index (χ4n) is 7.91. The maximum absolute atomic E-state index is 2.44. The normalized spacial score (nSPS) is 13.7. The van der Waals surface area contributed by atoms with Crippen molar-refractivity contribution in [3.05, 3.63) is 151 Å². The molecule has 10 rings (SSSR count). The molecule has 45 heavy (non-hydrogen) atoms. The summed E-state index contributed by atoms with van der Waals surface area (Å²) < 4.78 is 5.13. The second kappa shape index (κ2) is 8.94. The Kier molecular flexibility index (Phi) is 5.00. The molecule has 2 aromatic heterocycles. The topological polar surface area (TPSA) is 4.93 Å². The number of thiophene rings is 1. The Morgan fingerprint density at radius 3 is 2.13 bits per heavy atom. The van der Waals surface area contributed by atoms with Crippen LogP contribution in [-0.2, 0) is 5.41 Å². The zero-order valence-electron chi connectivity index (χ0n) is 25.1. The van der Waals surface area contributed by atoms with Crippen LogP contribution >= 0.6 is 11.3 Å². The fourth-order valence-corrected chi connectivity index (χ4v) is 9.05. The summed E-state index contributed by atoms with van der Waals surface area (Å²) in [5.74, 6) is 0. The summed E-state index contributed by atoms with van der Waals surface area (Å²) >= 11 is 1.88. The lowest BCUT2D eigenvalue weighted by molar-refractivity contribution is 0.660. The monoisotopic (exact) mass is 591 g/mol. The van der Waals surface area contributed by atoms with Gasteiger partial charge in [-0.2, -0.15) is 0 Å². The summed E-state index contributed by atoms with van der Waals surface area (Å²) in [4.78, 5) is 0. The van der Waals surface area contributed by atoms with Crippen LogP contribution in [0.5, 0.6) is 0 Å². The van der Waals surface area contributed by atoms with Gasteiger partial charge in [-0.25, -0.2) is 0 Å². The first-order valence-corrected chi connectivity index (χ1v) is 16.5. The largest absolute Gasteiger partial charge is 0.309 e. The van der Waals surface area contributed by atoms with Gasteiger partial charge in [0.2, 0.25) is 0 Å². The van der Waals surface area contributed by atoms with E-state index in [0.717, 1.165) is 0 Å². The third kappa shape index (κ3) is 3.49. The lowest BCUT2D eigenvalue weighted by Gasteiger charge is -2.22. The first kappa shape index (κ1) is 25.2. The van der Waals surface area contributed by atoms with Crippen molar-refractivity contribution >= 4 is 64.1 Å². The molecule has 0 atom stereocenters. The number of para-hydroxylation sites is 1. The van der Waals surface area contributed by atoms with Crippen LogP contribution in [-0.4, -0.2) is 4.57 Å². The second-order valence-corrected chi connectivity index (χ2v) is 14.1. The number of hydrogen-bond donors (Lipinski definition) is 0. The van der Waals surface area contributed by atoms with Gasteiger partial charge in [0.25, 0.3) is 0 Å². The molecule has 1 aliphatic carbocycles. The third-order valence-corrected chi connectivity index (χ3v) is 11.3. The maximum Gasteiger partial charge on any atom is 0.0541 e. The Hall–Kier alpha value is -5.18. The van der Waals surface area contributed by atoms with Crippen LogP contribution in [0.15, 0.2) is 140 Å². The lowest BCUT2D eigenvalue weighted by Crippen LogP contribution is -2.14. The molecule has 0 unspecified atom stereocenters. The molecule has 9 aromatic rings. The molecule has 7 aromatic carbocycles. The minimum Gasteiger partial charge on any atom is -0.309 e. The number of nitrogens with zero attached hydrogens (tertiary/aromatic N) is 1. The molecule has 2 heterocycles. The van der Waals surface area contributed by atoms with E-state index in [1.807, 2.05) is 11.3 Å². The van der Waals surface area contributed by atoms with E-state index in [9.17, 15) is 0 Å². The molecule has 0 N–H and O–H groups in total. The van der Waals surface area contributed by atoms with Gasteiger partial charge in [-0.05, 0) is 98.8 Å². The van der Waals surface area contributed by atoms with Gasteiger partial charge >= 0.3 is 0 Å². The molecule has 212 valence electrons. The van der Waals surface area contributed by atoms with Gasteiger partial charge in [0.05, 0.1) is 11.0 Å². The predicted molar refractivity (Wildman–Crippen MR) is 194 cm³/mol. The SMILES string of the molecule is CC1(C)c2ccccc2-c2ccc(-c3ccc4c(c3)c3ccccc3n4-c3ccc4cc5sc6ccccc6c5cc4c3)cc21. The molecule has 1 aliphatic rings. The second-order valence-electron chi connectivity index (χ2n) is 13.0. The van der Waals surface area contributed by atoms with Crippen LogP contribution in [0.25, 0.3) is 80.7 Å². The van der Waals surface area contributed by atoms with E-state index in [1.54, 1.807) is 0 Å². The molecule has 1 nitrogen and oxygen atoms in total. The summed E-state index contributed by atoms with van der Waals surface area (Å²) in [6.07, 6.45) is 0. The highest BCUT2D eigenvalue weighted by molar-refractivity contribution is 7.25. The highest BCUT2D eigenvalue weighted by atomic mass is 32.1. The lowest BCUT2D eigenvalue weighted by atomic mass is 9.81. The molecule has 0 fully saturated rings. The molecule has 2 heteroatoms. The van der Waals surface area contributed by atoms with Crippen molar-refractivity contribution in [3.8, 4) is 27.9 Å². The third-order valence-electron chi connectivity index (χ3n) is 10.2. The Morgan fingerprint density at radius 2 is 1.20 bits per heavy atom. The minimum atomic E-state index is -0.0148. The Morgan fingerprint density at radius 1 is 0.467 bits per heavy atom. The van der Waals surface area contributed by atoms with Crippen LogP contribution in [0, 0.1) is 0 Å². The van der Waals surface area contributed by atoms with Crippen LogP contribution in [0.2, 0.25) is 0 Å². The van der Waals surface area contributed by atoms with Crippen LogP contribution < -0.4 is 0 Å². The summed E-state index contributed by atoms with van der Waals surface area (Å²) in [6.45, 7) is 4.71. The van der Waals surface area contributed by atoms with E-state index in [4.69, 9.17) is 0 Å². The molecule has 0 saturated carbocycles.